The van der Waals surface area contributed by atoms with Gasteiger partial charge >= 0.3 is 5.76 Å². The van der Waals surface area contributed by atoms with Gasteiger partial charge in [0.05, 0.1) is 18.3 Å². The molecule has 1 heterocycles. The van der Waals surface area contributed by atoms with Gasteiger partial charge in [-0.2, -0.15) is 0 Å². The van der Waals surface area contributed by atoms with E-state index in [1.165, 1.54) is 17.7 Å². The lowest BCUT2D eigenvalue weighted by atomic mass is 10.1. The van der Waals surface area contributed by atoms with E-state index in [1.807, 2.05) is 13.8 Å². The summed E-state index contributed by atoms with van der Waals surface area (Å²) >= 11 is 0. The number of methoxy groups -OCH3 is 1. The summed E-state index contributed by atoms with van der Waals surface area (Å²) in [5.41, 5.74) is 2.95. The Morgan fingerprint density at radius 3 is 2.48 bits per heavy atom. The molecule has 7 nitrogen and oxygen atoms in total. The molecule has 0 saturated heterocycles. The van der Waals surface area contributed by atoms with Crippen LogP contribution in [0.4, 0.5) is 5.69 Å². The predicted octanol–water partition coefficient (Wildman–Crippen LogP) is 2.56. The Hall–Kier alpha value is -2.74. The highest BCUT2D eigenvalue weighted by atomic mass is 32.2. The van der Waals surface area contributed by atoms with Crippen LogP contribution in [0.1, 0.15) is 11.1 Å². The molecule has 8 heteroatoms. The highest BCUT2D eigenvalue weighted by molar-refractivity contribution is 7.92. The summed E-state index contributed by atoms with van der Waals surface area (Å²) < 4.78 is 39.7. The van der Waals surface area contributed by atoms with Crippen molar-refractivity contribution in [3.63, 3.8) is 0 Å². The maximum atomic E-state index is 12.8. The van der Waals surface area contributed by atoms with Crippen molar-refractivity contribution in [2.45, 2.75) is 18.7 Å². The van der Waals surface area contributed by atoms with Crippen molar-refractivity contribution < 1.29 is 17.6 Å². The zero-order chi connectivity index (χ0) is 18.4. The van der Waals surface area contributed by atoms with Gasteiger partial charge in [-0.3, -0.25) is 9.29 Å². The average Bonchev–Trinajstić information content (AvgIpc) is 2.83. The number of ether oxygens (including phenoxy) is 1. The molecule has 0 aliphatic rings. The van der Waals surface area contributed by atoms with Crippen LogP contribution in [-0.4, -0.2) is 20.1 Å². The first-order chi connectivity index (χ1) is 11.7. The van der Waals surface area contributed by atoms with E-state index in [0.29, 0.717) is 16.8 Å². The number of anilines is 1. The zero-order valence-corrected chi connectivity index (χ0v) is 15.1. The van der Waals surface area contributed by atoms with Gasteiger partial charge in [-0.05, 0) is 49.2 Å². The minimum absolute atomic E-state index is 0.0488. The van der Waals surface area contributed by atoms with Crippen molar-refractivity contribution in [2.24, 2.45) is 7.05 Å². The van der Waals surface area contributed by atoms with Gasteiger partial charge in [-0.1, -0.05) is 0 Å². The zero-order valence-electron chi connectivity index (χ0n) is 14.3. The minimum Gasteiger partial charge on any atom is -0.495 e. The summed E-state index contributed by atoms with van der Waals surface area (Å²) in [5, 5.41) is 0. The monoisotopic (exact) mass is 362 g/mol. The van der Waals surface area contributed by atoms with Crippen LogP contribution in [0.2, 0.25) is 0 Å². The van der Waals surface area contributed by atoms with Gasteiger partial charge in [0, 0.05) is 13.1 Å². The molecule has 0 bridgehead atoms. The molecule has 0 aliphatic carbocycles. The highest BCUT2D eigenvalue weighted by Gasteiger charge is 2.21. The molecule has 0 atom stereocenters. The Bertz CT molecular complexity index is 1130. The highest BCUT2D eigenvalue weighted by Crippen LogP contribution is 2.29. The van der Waals surface area contributed by atoms with Gasteiger partial charge in [0.2, 0.25) is 0 Å². The van der Waals surface area contributed by atoms with Crippen molar-refractivity contribution in [1.82, 2.24) is 4.57 Å². The number of nitrogens with zero attached hydrogens (tertiary/aromatic N) is 1. The first-order valence-corrected chi connectivity index (χ1v) is 8.99. The Morgan fingerprint density at radius 1 is 1.12 bits per heavy atom. The molecule has 1 aromatic heterocycles. The first-order valence-electron chi connectivity index (χ1n) is 7.50. The molecule has 2 aromatic carbocycles. The van der Waals surface area contributed by atoms with Gasteiger partial charge in [-0.25, -0.2) is 13.2 Å². The van der Waals surface area contributed by atoms with Gasteiger partial charge in [0.25, 0.3) is 10.0 Å². The van der Waals surface area contributed by atoms with Crippen molar-refractivity contribution in [2.75, 3.05) is 11.8 Å². The van der Waals surface area contributed by atoms with Crippen molar-refractivity contribution >= 4 is 26.8 Å². The second kappa shape index (κ2) is 5.96. The lowest BCUT2D eigenvalue weighted by Crippen LogP contribution is -2.14. The molecule has 0 spiro atoms. The Morgan fingerprint density at radius 2 is 1.80 bits per heavy atom. The summed E-state index contributed by atoms with van der Waals surface area (Å²) in [4.78, 5) is 11.6. The number of sulfonamides is 1. The average molecular weight is 362 g/mol. The lowest BCUT2D eigenvalue weighted by molar-refractivity contribution is 0.402. The normalized spacial score (nSPS) is 11.7. The molecule has 0 unspecified atom stereocenters. The molecule has 132 valence electrons. The maximum Gasteiger partial charge on any atom is 0.419 e. The standard InChI is InChI=1S/C17H18N2O5S/c1-10-7-15(23-4)16(8-11(10)2)25(21,22)18-12-5-6-13-14(9-12)24-17(20)19(13)3/h5-9,18H,1-4H3. The van der Waals surface area contributed by atoms with Gasteiger partial charge in [-0.15, -0.1) is 0 Å². The van der Waals surface area contributed by atoms with Gasteiger partial charge < -0.3 is 9.15 Å². The molecule has 3 aromatic rings. The summed E-state index contributed by atoms with van der Waals surface area (Å²) in [6, 6.07) is 7.92. The summed E-state index contributed by atoms with van der Waals surface area (Å²) in [6.45, 7) is 3.71. The second-order valence-electron chi connectivity index (χ2n) is 5.80. The van der Waals surface area contributed by atoms with E-state index in [0.717, 1.165) is 11.1 Å². The third-order valence-corrected chi connectivity index (χ3v) is 5.52. The SMILES string of the molecule is COc1cc(C)c(C)cc1S(=O)(=O)Nc1ccc2c(c1)oc(=O)n2C. The van der Waals surface area contributed by atoms with Crippen LogP contribution >= 0.6 is 0 Å². The third-order valence-electron chi connectivity index (χ3n) is 4.11. The van der Waals surface area contributed by atoms with Crippen molar-refractivity contribution in [3.05, 3.63) is 52.0 Å². The van der Waals surface area contributed by atoms with Crippen LogP contribution in [-0.2, 0) is 17.1 Å². The first kappa shape index (κ1) is 17.1. The number of hydrogen-bond donors (Lipinski definition) is 1. The van der Waals surface area contributed by atoms with E-state index in [1.54, 1.807) is 31.3 Å². The van der Waals surface area contributed by atoms with Crippen LogP contribution in [0, 0.1) is 13.8 Å². The lowest BCUT2D eigenvalue weighted by Gasteiger charge is -2.13. The molecule has 0 fully saturated rings. The maximum absolute atomic E-state index is 12.8. The Kier molecular flexibility index (Phi) is 4.08. The number of aromatic nitrogens is 1. The fourth-order valence-electron chi connectivity index (χ4n) is 2.54. The number of rotatable bonds is 4. The Balaban J connectivity index is 2.05. The van der Waals surface area contributed by atoms with E-state index < -0.39 is 15.8 Å². The molecule has 1 N–H and O–H groups in total. The van der Waals surface area contributed by atoms with Crippen molar-refractivity contribution in [1.29, 1.82) is 0 Å². The van der Waals surface area contributed by atoms with Crippen LogP contribution in [0.25, 0.3) is 11.1 Å². The number of oxazole rings is 1. The molecule has 25 heavy (non-hydrogen) atoms. The van der Waals surface area contributed by atoms with Crippen LogP contribution in [0.3, 0.4) is 0 Å². The van der Waals surface area contributed by atoms with E-state index in [9.17, 15) is 13.2 Å². The fraction of sp³-hybridized carbons (Fsp3) is 0.235. The Labute approximate surface area is 144 Å². The number of hydrogen-bond acceptors (Lipinski definition) is 5. The predicted molar refractivity (Wildman–Crippen MR) is 94.7 cm³/mol. The number of benzene rings is 2. The number of fused-ring (bicyclic) bond motifs is 1. The summed E-state index contributed by atoms with van der Waals surface area (Å²) in [5.74, 6) is -0.242. The van der Waals surface area contributed by atoms with Crippen LogP contribution in [0.5, 0.6) is 5.75 Å². The summed E-state index contributed by atoms with van der Waals surface area (Å²) in [7, 11) is -0.863. The molecular weight excluding hydrogens is 344 g/mol. The van der Waals surface area contributed by atoms with Crippen molar-refractivity contribution in [3.8, 4) is 5.75 Å². The molecule has 3 rings (SSSR count). The second-order valence-corrected chi connectivity index (χ2v) is 7.45. The van der Waals surface area contributed by atoms with Crippen LogP contribution in [0.15, 0.2) is 44.4 Å². The topological polar surface area (TPSA) is 90.5 Å². The smallest absolute Gasteiger partial charge is 0.419 e. The van der Waals surface area contributed by atoms with E-state index in [-0.39, 0.29) is 10.6 Å². The van der Waals surface area contributed by atoms with Gasteiger partial charge in [0.15, 0.2) is 5.58 Å². The quantitative estimate of drug-likeness (QED) is 0.770. The molecular formula is C17H18N2O5S. The third kappa shape index (κ3) is 3.00. The van der Waals surface area contributed by atoms with E-state index >= 15 is 0 Å². The van der Waals surface area contributed by atoms with E-state index in [2.05, 4.69) is 4.72 Å². The largest absolute Gasteiger partial charge is 0.495 e. The number of aryl methyl sites for hydroxylation is 3. The van der Waals surface area contributed by atoms with Gasteiger partial charge in [0.1, 0.15) is 10.6 Å². The summed E-state index contributed by atoms with van der Waals surface area (Å²) in [6.07, 6.45) is 0. The molecule has 0 saturated carbocycles. The molecule has 0 aliphatic heterocycles. The van der Waals surface area contributed by atoms with Crippen LogP contribution < -0.4 is 15.2 Å². The molecule has 0 radical (unpaired) electrons. The minimum atomic E-state index is -3.87. The fourth-order valence-corrected chi connectivity index (χ4v) is 3.83. The number of nitrogens with one attached hydrogen (secondary N) is 1. The molecule has 0 amide bonds. The van der Waals surface area contributed by atoms with E-state index in [4.69, 9.17) is 9.15 Å².